The molecule has 0 atom stereocenters. The summed E-state index contributed by atoms with van der Waals surface area (Å²) in [4.78, 5) is 25.4. The Morgan fingerprint density at radius 2 is 1.74 bits per heavy atom. The number of pyridine rings is 1. The zero-order valence-corrected chi connectivity index (χ0v) is 23.1. The average molecular weight is 627 g/mol. The highest BCUT2D eigenvalue weighted by molar-refractivity contribution is 7.92. The van der Waals surface area contributed by atoms with Gasteiger partial charge in [-0.2, -0.15) is 0 Å². The lowest BCUT2D eigenvalue weighted by atomic mass is 10.0. The number of carbonyl (C=O) groups excluding carboxylic acids is 1. The van der Waals surface area contributed by atoms with E-state index in [1.807, 2.05) is 0 Å². The SMILES string of the molecule is CNC(=O)N(c1ccc(S(=O)(=O)Nc2ncccn2)cn1)c1cc(Cl)c(-c2ccc(F)c(OC(F)(F)F)c2)cc1OC. The van der Waals surface area contributed by atoms with Gasteiger partial charge in [0.1, 0.15) is 16.5 Å². The molecule has 0 unspecified atom stereocenters. The van der Waals surface area contributed by atoms with Gasteiger partial charge in [0.05, 0.1) is 17.8 Å². The number of aromatic nitrogens is 3. The first-order valence-electron chi connectivity index (χ1n) is 11.5. The van der Waals surface area contributed by atoms with Crippen LogP contribution in [0.3, 0.4) is 0 Å². The number of alkyl halides is 3. The summed E-state index contributed by atoms with van der Waals surface area (Å²) in [6.07, 6.45) is -1.43. The molecule has 4 rings (SSSR count). The number of benzene rings is 2. The molecule has 2 N–H and O–H groups in total. The van der Waals surface area contributed by atoms with Crippen molar-refractivity contribution >= 4 is 45.1 Å². The van der Waals surface area contributed by atoms with E-state index in [1.54, 1.807) is 0 Å². The van der Waals surface area contributed by atoms with E-state index in [4.69, 9.17) is 16.3 Å². The molecule has 0 fully saturated rings. The summed E-state index contributed by atoms with van der Waals surface area (Å²) in [5, 5.41) is 2.37. The number of amides is 2. The number of hydrogen-bond acceptors (Lipinski definition) is 8. The first-order valence-corrected chi connectivity index (χ1v) is 13.4. The molecule has 11 nitrogen and oxygen atoms in total. The molecule has 2 heterocycles. The number of nitrogens with one attached hydrogen (secondary N) is 2. The summed E-state index contributed by atoms with van der Waals surface area (Å²) < 4.78 is 89.0. The molecule has 0 spiro atoms. The van der Waals surface area contributed by atoms with E-state index >= 15 is 0 Å². The molecule has 0 aliphatic heterocycles. The molecular formula is C25H19ClF4N6O5S. The third-order valence-corrected chi connectivity index (χ3v) is 7.07. The Morgan fingerprint density at radius 1 is 1.02 bits per heavy atom. The molecular weight excluding hydrogens is 608 g/mol. The number of halogens is 5. The van der Waals surface area contributed by atoms with Gasteiger partial charge in [-0.25, -0.2) is 42.2 Å². The number of rotatable bonds is 8. The molecule has 42 heavy (non-hydrogen) atoms. The zero-order chi connectivity index (χ0) is 30.7. The number of sulfonamides is 1. The molecule has 2 aromatic carbocycles. The van der Waals surface area contributed by atoms with Crippen molar-refractivity contribution in [1.82, 2.24) is 20.3 Å². The Kier molecular flexibility index (Phi) is 8.67. The van der Waals surface area contributed by atoms with Crippen LogP contribution in [0, 0.1) is 5.82 Å². The largest absolute Gasteiger partial charge is 0.573 e. The van der Waals surface area contributed by atoms with Crippen LogP contribution in [0.1, 0.15) is 0 Å². The summed E-state index contributed by atoms with van der Waals surface area (Å²) >= 11 is 6.47. The summed E-state index contributed by atoms with van der Waals surface area (Å²) in [6, 6.07) is 8.60. The molecule has 0 radical (unpaired) electrons. The van der Waals surface area contributed by atoms with Crippen LogP contribution in [0.2, 0.25) is 5.02 Å². The summed E-state index contributed by atoms with van der Waals surface area (Å²) in [6.45, 7) is 0. The molecule has 0 aliphatic carbocycles. The van der Waals surface area contributed by atoms with Crippen LogP contribution in [0.15, 0.2) is 72.0 Å². The van der Waals surface area contributed by atoms with Crippen LogP contribution in [-0.2, 0) is 10.0 Å². The number of anilines is 3. The Bertz CT molecular complexity index is 1710. The topological polar surface area (TPSA) is 136 Å². The van der Waals surface area contributed by atoms with Crippen LogP contribution in [0.4, 0.5) is 39.8 Å². The van der Waals surface area contributed by atoms with Crippen LogP contribution >= 0.6 is 11.6 Å². The van der Waals surface area contributed by atoms with Crippen molar-refractivity contribution in [3.8, 4) is 22.6 Å². The van der Waals surface area contributed by atoms with E-state index in [2.05, 4.69) is 29.7 Å². The van der Waals surface area contributed by atoms with Crippen molar-refractivity contribution in [3.63, 3.8) is 0 Å². The maximum Gasteiger partial charge on any atom is 0.573 e. The van der Waals surface area contributed by atoms with Gasteiger partial charge in [0.25, 0.3) is 10.0 Å². The standard InChI is InChI=1S/C25H19ClF4N6O5S/c1-31-24(37)36(22-7-5-15(13-34-22)42(38,39)35-23-32-8-3-9-33-23)19-12-17(26)16(11-21(19)40-2)14-4-6-18(27)20(10-14)41-25(28,29)30/h3-13H,1-2H3,(H,31,37)(H,32,33,35). The van der Waals surface area contributed by atoms with Gasteiger partial charge in [-0.15, -0.1) is 13.2 Å². The molecule has 2 aromatic heterocycles. The van der Waals surface area contributed by atoms with E-state index in [9.17, 15) is 30.8 Å². The Balaban J connectivity index is 1.73. The number of nitrogens with zero attached hydrogens (tertiary/aromatic N) is 4. The van der Waals surface area contributed by atoms with Crippen molar-refractivity contribution in [2.45, 2.75) is 11.3 Å². The molecule has 0 saturated carbocycles. The predicted molar refractivity (Wildman–Crippen MR) is 144 cm³/mol. The van der Waals surface area contributed by atoms with Gasteiger partial charge in [0.2, 0.25) is 5.95 Å². The van der Waals surface area contributed by atoms with Crippen LogP contribution in [0.25, 0.3) is 11.1 Å². The second kappa shape index (κ2) is 12.0. The smallest absolute Gasteiger partial charge is 0.495 e. The van der Waals surface area contributed by atoms with Gasteiger partial charge in [0.15, 0.2) is 11.6 Å². The number of hydrogen-bond donors (Lipinski definition) is 2. The molecule has 2 amide bonds. The van der Waals surface area contributed by atoms with E-state index < -0.39 is 34.0 Å². The van der Waals surface area contributed by atoms with Crippen molar-refractivity contribution in [3.05, 3.63) is 78.0 Å². The van der Waals surface area contributed by atoms with Crippen molar-refractivity contribution in [2.24, 2.45) is 0 Å². The average Bonchev–Trinajstić information content (AvgIpc) is 2.94. The molecule has 0 bridgehead atoms. The molecule has 0 aliphatic rings. The minimum absolute atomic E-state index is 0.0157. The Labute approximate surface area is 241 Å². The third-order valence-electron chi connectivity index (χ3n) is 5.45. The summed E-state index contributed by atoms with van der Waals surface area (Å²) in [5.41, 5.74) is 0.225. The highest BCUT2D eigenvalue weighted by atomic mass is 35.5. The summed E-state index contributed by atoms with van der Waals surface area (Å²) in [5.74, 6) is -2.51. The lowest BCUT2D eigenvalue weighted by Crippen LogP contribution is -2.35. The van der Waals surface area contributed by atoms with Gasteiger partial charge in [0, 0.05) is 31.2 Å². The number of ether oxygens (including phenoxy) is 2. The first kappa shape index (κ1) is 30.3. The molecule has 17 heteroatoms. The maximum atomic E-state index is 14.0. The van der Waals surface area contributed by atoms with Crippen molar-refractivity contribution < 1.29 is 40.2 Å². The molecule has 0 saturated heterocycles. The van der Waals surface area contributed by atoms with E-state index in [0.29, 0.717) is 0 Å². The van der Waals surface area contributed by atoms with Crippen LogP contribution in [-0.4, -0.2) is 49.9 Å². The lowest BCUT2D eigenvalue weighted by molar-refractivity contribution is -0.275. The van der Waals surface area contributed by atoms with Gasteiger partial charge >= 0.3 is 12.4 Å². The fourth-order valence-corrected chi connectivity index (χ4v) is 4.79. The number of carbonyl (C=O) groups is 1. The Hall–Kier alpha value is -4.70. The number of methoxy groups -OCH3 is 1. The minimum Gasteiger partial charge on any atom is -0.495 e. The minimum atomic E-state index is -5.13. The second-order valence-electron chi connectivity index (χ2n) is 8.12. The van der Waals surface area contributed by atoms with Crippen LogP contribution in [0.5, 0.6) is 11.5 Å². The Morgan fingerprint density at radius 3 is 2.33 bits per heavy atom. The predicted octanol–water partition coefficient (Wildman–Crippen LogP) is 5.52. The zero-order valence-electron chi connectivity index (χ0n) is 21.5. The molecule has 220 valence electrons. The fourth-order valence-electron chi connectivity index (χ4n) is 3.62. The van der Waals surface area contributed by atoms with Gasteiger partial charge in [-0.1, -0.05) is 17.7 Å². The highest BCUT2D eigenvalue weighted by Gasteiger charge is 2.33. The lowest BCUT2D eigenvalue weighted by Gasteiger charge is -2.24. The molecule has 4 aromatic rings. The van der Waals surface area contributed by atoms with Gasteiger partial charge < -0.3 is 14.8 Å². The normalized spacial score (nSPS) is 11.5. The number of urea groups is 1. The van der Waals surface area contributed by atoms with Crippen LogP contribution < -0.4 is 24.4 Å². The third kappa shape index (κ3) is 6.77. The van der Waals surface area contributed by atoms with Gasteiger partial charge in [-0.05, 0) is 48.0 Å². The fraction of sp³-hybridized carbons (Fsp3) is 0.120. The summed E-state index contributed by atoms with van der Waals surface area (Å²) in [7, 11) is -1.53. The maximum absolute atomic E-state index is 14.0. The van der Waals surface area contributed by atoms with E-state index in [1.165, 1.54) is 62.9 Å². The first-order chi connectivity index (χ1) is 19.8. The monoisotopic (exact) mass is 626 g/mol. The van der Waals surface area contributed by atoms with E-state index in [-0.39, 0.29) is 44.2 Å². The van der Waals surface area contributed by atoms with E-state index in [0.717, 1.165) is 23.2 Å². The van der Waals surface area contributed by atoms with Crippen molar-refractivity contribution in [2.75, 3.05) is 23.8 Å². The van der Waals surface area contributed by atoms with Gasteiger partial charge in [-0.3, -0.25) is 0 Å². The quantitative estimate of drug-likeness (QED) is 0.244. The van der Waals surface area contributed by atoms with Crippen molar-refractivity contribution in [1.29, 1.82) is 0 Å². The highest BCUT2D eigenvalue weighted by Crippen LogP contribution is 2.42. The second-order valence-corrected chi connectivity index (χ2v) is 10.2.